The topological polar surface area (TPSA) is 113 Å². The number of methoxy groups -OCH3 is 1. The predicted octanol–water partition coefficient (Wildman–Crippen LogP) is 3.60. The number of nitrogens with zero attached hydrogens (tertiary/aromatic N) is 2. The van der Waals surface area contributed by atoms with Gasteiger partial charge in [-0.3, -0.25) is 14.4 Å². The van der Waals surface area contributed by atoms with Crippen molar-refractivity contribution in [2.45, 2.75) is 38.5 Å². The van der Waals surface area contributed by atoms with E-state index in [2.05, 4.69) is 10.3 Å². The van der Waals surface area contributed by atoms with E-state index in [-0.39, 0.29) is 36.9 Å². The SMILES string of the molecule is CCCN1CC(=O)N[C@H]2CCN(C(=O)c3ccc[nH]3)C[C@@H]2OCc2cccc(c2)Oc2cc(ccc2OC)C1=O. The second kappa shape index (κ2) is 12.3. The van der Waals surface area contributed by atoms with Gasteiger partial charge in [0.2, 0.25) is 5.91 Å². The van der Waals surface area contributed by atoms with Crippen LogP contribution < -0.4 is 14.8 Å². The van der Waals surface area contributed by atoms with Gasteiger partial charge in [0.25, 0.3) is 11.8 Å². The molecule has 0 aliphatic carbocycles. The summed E-state index contributed by atoms with van der Waals surface area (Å²) in [5.41, 5.74) is 1.77. The molecule has 210 valence electrons. The van der Waals surface area contributed by atoms with E-state index in [9.17, 15) is 14.4 Å². The Morgan fingerprint density at radius 1 is 1.12 bits per heavy atom. The maximum absolute atomic E-state index is 13.5. The zero-order valence-corrected chi connectivity index (χ0v) is 22.7. The number of hydrogen-bond acceptors (Lipinski definition) is 6. The molecular formula is C30H34N4O6. The average molecular weight is 547 g/mol. The zero-order valence-electron chi connectivity index (χ0n) is 22.7. The lowest BCUT2D eigenvalue weighted by atomic mass is 10.0. The number of carbonyl (C=O) groups excluding carboxylic acids is 3. The molecule has 4 bridgehead atoms. The third kappa shape index (κ3) is 6.12. The summed E-state index contributed by atoms with van der Waals surface area (Å²) in [6.45, 7) is 3.33. The van der Waals surface area contributed by atoms with Crippen molar-refractivity contribution >= 4 is 17.7 Å². The van der Waals surface area contributed by atoms with Gasteiger partial charge in [-0.25, -0.2) is 0 Å². The van der Waals surface area contributed by atoms with Crippen LogP contribution in [0.5, 0.6) is 17.2 Å². The van der Waals surface area contributed by atoms with Gasteiger partial charge < -0.3 is 34.3 Å². The number of benzene rings is 2. The number of ether oxygens (including phenoxy) is 3. The summed E-state index contributed by atoms with van der Waals surface area (Å²) >= 11 is 0. The second-order valence-electron chi connectivity index (χ2n) is 9.99. The molecule has 1 fully saturated rings. The van der Waals surface area contributed by atoms with Crippen LogP contribution in [0.4, 0.5) is 0 Å². The van der Waals surface area contributed by atoms with Crippen molar-refractivity contribution in [3.05, 3.63) is 77.6 Å². The Kier molecular flexibility index (Phi) is 8.35. The molecule has 2 aliphatic rings. The number of H-pyrrole nitrogens is 1. The van der Waals surface area contributed by atoms with Crippen molar-refractivity contribution in [2.24, 2.45) is 0 Å². The van der Waals surface area contributed by atoms with Crippen LogP contribution in [-0.2, 0) is 16.1 Å². The molecule has 0 saturated carbocycles. The van der Waals surface area contributed by atoms with Crippen LogP contribution in [0, 0.1) is 0 Å². The number of amides is 3. The summed E-state index contributed by atoms with van der Waals surface area (Å²) in [6, 6.07) is 15.7. The normalized spacial score (nSPS) is 19.9. The molecule has 2 aromatic carbocycles. The summed E-state index contributed by atoms with van der Waals surface area (Å²) < 4.78 is 18.0. The fourth-order valence-corrected chi connectivity index (χ4v) is 5.12. The fraction of sp³-hybridized carbons (Fsp3) is 0.367. The zero-order chi connectivity index (χ0) is 28.1. The Hall–Kier alpha value is -4.31. The number of hydrogen-bond donors (Lipinski definition) is 2. The molecule has 0 radical (unpaired) electrons. The maximum atomic E-state index is 13.5. The average Bonchev–Trinajstić information content (AvgIpc) is 3.51. The van der Waals surface area contributed by atoms with Crippen LogP contribution in [0.15, 0.2) is 60.8 Å². The molecule has 10 heteroatoms. The van der Waals surface area contributed by atoms with E-state index in [0.717, 1.165) is 5.56 Å². The van der Waals surface area contributed by atoms with Crippen LogP contribution in [0.3, 0.4) is 0 Å². The van der Waals surface area contributed by atoms with Crippen molar-refractivity contribution < 1.29 is 28.6 Å². The highest BCUT2D eigenvalue weighted by Gasteiger charge is 2.34. The smallest absolute Gasteiger partial charge is 0.270 e. The van der Waals surface area contributed by atoms with Crippen molar-refractivity contribution in [3.63, 3.8) is 0 Å². The minimum atomic E-state index is -0.447. The van der Waals surface area contributed by atoms with E-state index in [1.54, 1.807) is 41.4 Å². The van der Waals surface area contributed by atoms with Crippen LogP contribution in [0.2, 0.25) is 0 Å². The molecule has 2 atom stereocenters. The third-order valence-corrected chi connectivity index (χ3v) is 7.14. The number of fused-ring (bicyclic) bond motifs is 5. The van der Waals surface area contributed by atoms with Crippen LogP contribution in [0.1, 0.15) is 46.2 Å². The van der Waals surface area contributed by atoms with Crippen LogP contribution in [-0.4, -0.2) is 77.9 Å². The van der Waals surface area contributed by atoms with Gasteiger partial charge >= 0.3 is 0 Å². The minimum absolute atomic E-state index is 0.0950. The number of piperidine rings is 1. The van der Waals surface area contributed by atoms with Gasteiger partial charge in [0.05, 0.1) is 32.4 Å². The molecule has 2 aliphatic heterocycles. The Balaban J connectivity index is 1.46. The molecule has 5 rings (SSSR count). The highest BCUT2D eigenvalue weighted by Crippen LogP contribution is 2.33. The van der Waals surface area contributed by atoms with Gasteiger partial charge in [-0.2, -0.15) is 0 Å². The highest BCUT2D eigenvalue weighted by molar-refractivity contribution is 5.97. The number of nitrogens with one attached hydrogen (secondary N) is 2. The standard InChI is InChI=1S/C30H34N4O6/c1-3-13-33-18-28(35)32-23-11-14-34(30(37)24-8-5-12-31-24)17-27(23)39-19-20-6-4-7-22(15-20)40-26-16-21(29(33)36)9-10-25(26)38-2/h4-10,12,15-16,23,27,31H,3,11,13-14,17-19H2,1-2H3,(H,32,35)/t23-,27-/m0/s1. The van der Waals surface area contributed by atoms with Gasteiger partial charge in [0, 0.05) is 31.4 Å². The first-order valence-corrected chi connectivity index (χ1v) is 13.5. The number of carbonyl (C=O) groups is 3. The molecule has 1 aromatic heterocycles. The highest BCUT2D eigenvalue weighted by atomic mass is 16.5. The van der Waals surface area contributed by atoms with E-state index >= 15 is 0 Å². The van der Waals surface area contributed by atoms with E-state index in [1.165, 1.54) is 12.0 Å². The summed E-state index contributed by atoms with van der Waals surface area (Å²) in [6.07, 6.45) is 2.48. The number of rotatable bonds is 4. The number of aromatic amines is 1. The lowest BCUT2D eigenvalue weighted by Gasteiger charge is -2.39. The largest absolute Gasteiger partial charge is 0.493 e. The van der Waals surface area contributed by atoms with E-state index in [4.69, 9.17) is 14.2 Å². The van der Waals surface area contributed by atoms with E-state index in [0.29, 0.717) is 61.0 Å². The first-order valence-electron chi connectivity index (χ1n) is 13.5. The molecular weight excluding hydrogens is 512 g/mol. The first-order chi connectivity index (χ1) is 19.4. The summed E-state index contributed by atoms with van der Waals surface area (Å²) in [5.74, 6) is 0.781. The van der Waals surface area contributed by atoms with Gasteiger partial charge in [-0.05, 0) is 60.9 Å². The van der Waals surface area contributed by atoms with Crippen molar-refractivity contribution in [2.75, 3.05) is 33.3 Å². The number of likely N-dealkylation sites (tertiary alicyclic amines) is 1. The Morgan fingerprint density at radius 3 is 2.77 bits per heavy atom. The van der Waals surface area contributed by atoms with Gasteiger partial charge in [-0.1, -0.05) is 19.1 Å². The lowest BCUT2D eigenvalue weighted by Crippen LogP contribution is -2.57. The van der Waals surface area contributed by atoms with Crippen LogP contribution >= 0.6 is 0 Å². The maximum Gasteiger partial charge on any atom is 0.270 e. The summed E-state index contributed by atoms with van der Waals surface area (Å²) in [5, 5.41) is 3.09. The minimum Gasteiger partial charge on any atom is -0.493 e. The molecule has 1 saturated heterocycles. The summed E-state index contributed by atoms with van der Waals surface area (Å²) in [7, 11) is 1.54. The third-order valence-electron chi connectivity index (χ3n) is 7.14. The summed E-state index contributed by atoms with van der Waals surface area (Å²) in [4.78, 5) is 46.0. The molecule has 3 amide bonds. The quantitative estimate of drug-likeness (QED) is 0.517. The number of aromatic nitrogens is 1. The van der Waals surface area contributed by atoms with Crippen molar-refractivity contribution in [1.29, 1.82) is 0 Å². The first kappa shape index (κ1) is 27.3. The van der Waals surface area contributed by atoms with Crippen LogP contribution in [0.25, 0.3) is 0 Å². The van der Waals surface area contributed by atoms with Gasteiger partial charge in [0.15, 0.2) is 11.5 Å². The van der Waals surface area contributed by atoms with E-state index in [1.807, 2.05) is 31.2 Å². The molecule has 0 unspecified atom stereocenters. The van der Waals surface area contributed by atoms with Crippen molar-refractivity contribution in [3.8, 4) is 17.2 Å². The van der Waals surface area contributed by atoms with Crippen molar-refractivity contribution in [1.82, 2.24) is 20.1 Å². The Labute approximate surface area is 233 Å². The molecule has 10 nitrogen and oxygen atoms in total. The fourth-order valence-electron chi connectivity index (χ4n) is 5.12. The van der Waals surface area contributed by atoms with E-state index < -0.39 is 6.10 Å². The molecule has 2 N–H and O–H groups in total. The Morgan fingerprint density at radius 2 is 2.00 bits per heavy atom. The van der Waals surface area contributed by atoms with Gasteiger partial charge in [-0.15, -0.1) is 0 Å². The van der Waals surface area contributed by atoms with Gasteiger partial charge in [0.1, 0.15) is 11.4 Å². The Bertz CT molecular complexity index is 1360. The molecule has 40 heavy (non-hydrogen) atoms. The molecule has 3 heterocycles. The molecule has 3 aromatic rings. The monoisotopic (exact) mass is 546 g/mol. The molecule has 0 spiro atoms. The lowest BCUT2D eigenvalue weighted by molar-refractivity contribution is -0.124. The second-order valence-corrected chi connectivity index (χ2v) is 9.99. The predicted molar refractivity (Wildman–Crippen MR) is 148 cm³/mol.